The molecule has 0 atom stereocenters. The van der Waals surface area contributed by atoms with Crippen LogP contribution >= 0.6 is 0 Å². The second-order valence-corrected chi connectivity index (χ2v) is 7.35. The number of benzene rings is 3. The van der Waals surface area contributed by atoms with E-state index >= 15 is 0 Å². The number of halogens is 1. The van der Waals surface area contributed by atoms with E-state index in [-0.39, 0.29) is 25.2 Å². The molecule has 0 spiro atoms. The summed E-state index contributed by atoms with van der Waals surface area (Å²) >= 11 is 0. The van der Waals surface area contributed by atoms with Gasteiger partial charge in [0.05, 0.1) is 11.8 Å². The minimum atomic E-state index is -0.505. The molecule has 1 aromatic heterocycles. The van der Waals surface area contributed by atoms with Gasteiger partial charge in [0.1, 0.15) is 11.6 Å². The number of nitrogens with zero attached hydrogens (tertiary/aromatic N) is 1. The van der Waals surface area contributed by atoms with E-state index in [1.165, 1.54) is 12.3 Å². The van der Waals surface area contributed by atoms with E-state index in [9.17, 15) is 14.0 Å². The molecule has 1 heterocycles. The second kappa shape index (κ2) is 10.9. The highest BCUT2D eigenvalue weighted by Crippen LogP contribution is 2.29. The maximum Gasteiger partial charge on any atom is 0.276 e. The molecule has 34 heavy (non-hydrogen) atoms. The Kier molecular flexibility index (Phi) is 7.29. The Morgan fingerprint density at radius 2 is 1.53 bits per heavy atom. The molecule has 0 fully saturated rings. The van der Waals surface area contributed by atoms with Crippen LogP contribution in [-0.4, -0.2) is 23.4 Å². The van der Waals surface area contributed by atoms with Gasteiger partial charge in [-0.05, 0) is 23.8 Å². The van der Waals surface area contributed by atoms with Gasteiger partial charge in [0, 0.05) is 18.4 Å². The molecule has 0 radical (unpaired) electrons. The Balaban J connectivity index is 1.23. The van der Waals surface area contributed by atoms with Crippen molar-refractivity contribution >= 4 is 11.8 Å². The molecule has 0 aliphatic heterocycles. The van der Waals surface area contributed by atoms with Crippen molar-refractivity contribution in [2.75, 3.05) is 6.61 Å². The highest BCUT2D eigenvalue weighted by molar-refractivity contribution is 5.83. The van der Waals surface area contributed by atoms with Gasteiger partial charge in [-0.25, -0.2) is 9.37 Å². The number of amides is 2. The SMILES string of the molecule is O=C(CCc1ncc(-c2ccccc2F)o1)NNC(=O)COc1ccccc1-c1ccccc1. The Hall–Kier alpha value is -4.46. The molecule has 3 aromatic carbocycles. The Bertz CT molecular complexity index is 1270. The summed E-state index contributed by atoms with van der Waals surface area (Å²) in [5.41, 5.74) is 6.79. The molecule has 0 aliphatic rings. The highest BCUT2D eigenvalue weighted by atomic mass is 19.1. The number of hydrazine groups is 1. The van der Waals surface area contributed by atoms with Crippen molar-refractivity contribution in [3.8, 4) is 28.2 Å². The maximum absolute atomic E-state index is 13.9. The fraction of sp³-hybridized carbons (Fsp3) is 0.115. The van der Waals surface area contributed by atoms with Gasteiger partial charge in [-0.3, -0.25) is 20.4 Å². The second-order valence-electron chi connectivity index (χ2n) is 7.35. The average molecular weight is 459 g/mol. The highest BCUT2D eigenvalue weighted by Gasteiger charge is 2.13. The van der Waals surface area contributed by atoms with Crippen molar-refractivity contribution in [3.05, 3.63) is 96.8 Å². The molecule has 2 N–H and O–H groups in total. The zero-order chi connectivity index (χ0) is 23.8. The van der Waals surface area contributed by atoms with Crippen LogP contribution in [0.2, 0.25) is 0 Å². The lowest BCUT2D eigenvalue weighted by Crippen LogP contribution is -2.43. The molecular formula is C26H22FN3O4. The van der Waals surface area contributed by atoms with Crippen molar-refractivity contribution < 1.29 is 23.1 Å². The lowest BCUT2D eigenvalue weighted by Gasteiger charge is -2.12. The molecule has 0 bridgehead atoms. The van der Waals surface area contributed by atoms with Gasteiger partial charge in [-0.1, -0.05) is 60.7 Å². The van der Waals surface area contributed by atoms with Crippen LogP contribution in [0.25, 0.3) is 22.5 Å². The summed E-state index contributed by atoms with van der Waals surface area (Å²) in [6.07, 6.45) is 1.63. The molecule has 0 unspecified atom stereocenters. The number of aryl methyl sites for hydroxylation is 1. The molecule has 4 aromatic rings. The largest absolute Gasteiger partial charge is 0.483 e. The van der Waals surface area contributed by atoms with Crippen molar-refractivity contribution in [3.63, 3.8) is 0 Å². The number of aromatic nitrogens is 1. The lowest BCUT2D eigenvalue weighted by molar-refractivity contribution is -0.130. The van der Waals surface area contributed by atoms with Crippen molar-refractivity contribution in [2.45, 2.75) is 12.8 Å². The molecule has 0 saturated carbocycles. The van der Waals surface area contributed by atoms with E-state index < -0.39 is 17.6 Å². The van der Waals surface area contributed by atoms with Gasteiger partial charge in [0.2, 0.25) is 5.91 Å². The molecule has 2 amide bonds. The van der Waals surface area contributed by atoms with Crippen LogP contribution in [-0.2, 0) is 16.0 Å². The van der Waals surface area contributed by atoms with Crippen LogP contribution in [0.4, 0.5) is 4.39 Å². The fourth-order valence-corrected chi connectivity index (χ4v) is 3.26. The lowest BCUT2D eigenvalue weighted by atomic mass is 10.1. The number of carbonyl (C=O) groups is 2. The summed E-state index contributed by atoms with van der Waals surface area (Å²) in [6, 6.07) is 23.3. The summed E-state index contributed by atoms with van der Waals surface area (Å²) in [6.45, 7) is -0.268. The average Bonchev–Trinajstić information content (AvgIpc) is 3.35. The molecule has 7 nitrogen and oxygen atoms in total. The summed E-state index contributed by atoms with van der Waals surface area (Å²) in [4.78, 5) is 28.3. The fourth-order valence-electron chi connectivity index (χ4n) is 3.26. The van der Waals surface area contributed by atoms with Crippen LogP contribution in [0.15, 0.2) is 89.5 Å². The van der Waals surface area contributed by atoms with Gasteiger partial charge in [-0.15, -0.1) is 0 Å². The summed E-state index contributed by atoms with van der Waals surface area (Å²) in [5, 5.41) is 0. The van der Waals surface area contributed by atoms with Gasteiger partial charge >= 0.3 is 0 Å². The number of ether oxygens (including phenoxy) is 1. The molecule has 172 valence electrons. The molecular weight excluding hydrogens is 437 g/mol. The third-order valence-electron chi connectivity index (χ3n) is 4.93. The van der Waals surface area contributed by atoms with Crippen LogP contribution in [0, 0.1) is 5.82 Å². The van der Waals surface area contributed by atoms with Crippen LogP contribution in [0.1, 0.15) is 12.3 Å². The minimum Gasteiger partial charge on any atom is -0.483 e. The molecule has 0 saturated heterocycles. The van der Waals surface area contributed by atoms with Crippen LogP contribution in [0.3, 0.4) is 0 Å². The van der Waals surface area contributed by atoms with E-state index in [0.29, 0.717) is 17.2 Å². The third kappa shape index (κ3) is 5.86. The zero-order valence-corrected chi connectivity index (χ0v) is 18.2. The van der Waals surface area contributed by atoms with Gasteiger partial charge in [0.15, 0.2) is 18.3 Å². The smallest absolute Gasteiger partial charge is 0.276 e. The summed E-state index contributed by atoms with van der Waals surface area (Å²) < 4.78 is 25.0. The van der Waals surface area contributed by atoms with E-state index in [0.717, 1.165) is 11.1 Å². The van der Waals surface area contributed by atoms with Gasteiger partial charge in [-0.2, -0.15) is 0 Å². The predicted octanol–water partition coefficient (Wildman–Crippen LogP) is 4.31. The first-order valence-corrected chi connectivity index (χ1v) is 10.6. The van der Waals surface area contributed by atoms with Crippen molar-refractivity contribution in [1.29, 1.82) is 0 Å². The standard InChI is InChI=1S/C26H22FN3O4/c27-21-12-6-4-11-20(21)23-16-28-26(34-23)15-14-24(31)29-30-25(32)17-33-22-13-7-5-10-19(22)18-8-2-1-3-9-18/h1-13,16H,14-15,17H2,(H,29,31)(H,30,32). The van der Waals surface area contributed by atoms with Gasteiger partial charge < -0.3 is 9.15 Å². The maximum atomic E-state index is 13.9. The number of oxazole rings is 1. The minimum absolute atomic E-state index is 0.0230. The number of rotatable bonds is 8. The van der Waals surface area contributed by atoms with Crippen molar-refractivity contribution in [2.24, 2.45) is 0 Å². The van der Waals surface area contributed by atoms with Crippen LogP contribution in [0.5, 0.6) is 5.75 Å². The van der Waals surface area contributed by atoms with Crippen LogP contribution < -0.4 is 15.6 Å². The number of hydrogen-bond acceptors (Lipinski definition) is 5. The Labute approximate surface area is 195 Å². The quantitative estimate of drug-likeness (QED) is 0.383. The topological polar surface area (TPSA) is 93.5 Å². The Morgan fingerprint density at radius 1 is 0.853 bits per heavy atom. The molecule has 4 rings (SSSR count). The third-order valence-corrected chi connectivity index (χ3v) is 4.93. The van der Waals surface area contributed by atoms with Gasteiger partial charge in [0.25, 0.3) is 5.91 Å². The van der Waals surface area contributed by atoms with E-state index in [2.05, 4.69) is 15.8 Å². The first-order chi connectivity index (χ1) is 16.6. The molecule has 0 aliphatic carbocycles. The zero-order valence-electron chi connectivity index (χ0n) is 18.2. The predicted molar refractivity (Wildman–Crippen MR) is 124 cm³/mol. The first kappa shape index (κ1) is 22.7. The van der Waals surface area contributed by atoms with Crippen molar-refractivity contribution in [1.82, 2.24) is 15.8 Å². The van der Waals surface area contributed by atoms with E-state index in [4.69, 9.17) is 9.15 Å². The van der Waals surface area contributed by atoms with E-state index in [1.807, 2.05) is 48.5 Å². The monoisotopic (exact) mass is 459 g/mol. The van der Waals surface area contributed by atoms with E-state index in [1.54, 1.807) is 24.3 Å². The summed E-state index contributed by atoms with van der Waals surface area (Å²) in [7, 11) is 0. The number of para-hydroxylation sites is 1. The normalized spacial score (nSPS) is 10.5. The first-order valence-electron chi connectivity index (χ1n) is 10.6. The number of hydrogen-bond donors (Lipinski definition) is 2. The Morgan fingerprint density at radius 3 is 2.32 bits per heavy atom. The molecule has 8 heteroatoms. The number of nitrogens with one attached hydrogen (secondary N) is 2. The summed E-state index contributed by atoms with van der Waals surface area (Å²) in [5.74, 6) is -0.211. The number of carbonyl (C=O) groups excluding carboxylic acids is 2.